The first-order valence-electron chi connectivity index (χ1n) is 10.4. The van der Waals surface area contributed by atoms with Crippen molar-refractivity contribution in [2.24, 2.45) is 0 Å². The molecule has 32 heavy (non-hydrogen) atoms. The molecule has 8 heteroatoms. The molecule has 0 radical (unpaired) electrons. The Morgan fingerprint density at radius 1 is 1.19 bits per heavy atom. The lowest BCUT2D eigenvalue weighted by Crippen LogP contribution is -2.32. The number of fused-ring (bicyclic) bond motifs is 1. The van der Waals surface area contributed by atoms with Crippen molar-refractivity contribution in [2.45, 2.75) is 19.8 Å². The minimum Gasteiger partial charge on any atom is -0.493 e. The molecule has 0 unspecified atom stereocenters. The summed E-state index contributed by atoms with van der Waals surface area (Å²) in [7, 11) is 1.62. The van der Waals surface area contributed by atoms with E-state index in [-0.39, 0.29) is 11.9 Å². The molecular weight excluding hydrogens is 408 g/mol. The van der Waals surface area contributed by atoms with E-state index in [9.17, 15) is 4.79 Å². The molecule has 0 aliphatic heterocycles. The molecule has 2 amide bonds. The average molecular weight is 434 g/mol. The van der Waals surface area contributed by atoms with Gasteiger partial charge in [0.15, 0.2) is 17.3 Å². The number of methoxy groups -OCH3 is 1. The molecule has 0 aliphatic rings. The van der Waals surface area contributed by atoms with Gasteiger partial charge in [0.2, 0.25) is 0 Å². The molecule has 0 bridgehead atoms. The van der Waals surface area contributed by atoms with Crippen LogP contribution in [0.4, 0.5) is 10.6 Å². The number of hydrogen-bond acceptors (Lipinski definition) is 5. The second-order valence-corrected chi connectivity index (χ2v) is 7.34. The molecule has 2 aromatic carbocycles. The highest BCUT2D eigenvalue weighted by Gasteiger charge is 2.21. The Balaban J connectivity index is 1.63. The number of para-hydroxylation sites is 1. The van der Waals surface area contributed by atoms with Crippen LogP contribution in [0.3, 0.4) is 0 Å². The SMILES string of the molecule is CCOc1ccc([C@@H](CNC(=O)Nc2cc(C)on2)c2c[nH]c3ccccc23)cc1OC. The maximum absolute atomic E-state index is 12.5. The Hall–Kier alpha value is -3.94. The van der Waals surface area contributed by atoms with Crippen LogP contribution in [0.15, 0.2) is 59.3 Å². The van der Waals surface area contributed by atoms with Gasteiger partial charge in [0.1, 0.15) is 5.76 Å². The third kappa shape index (κ3) is 4.54. The largest absolute Gasteiger partial charge is 0.493 e. The Morgan fingerprint density at radius 3 is 2.78 bits per heavy atom. The van der Waals surface area contributed by atoms with Crippen LogP contribution in [0.2, 0.25) is 0 Å². The van der Waals surface area contributed by atoms with E-state index in [2.05, 4.69) is 26.8 Å². The standard InChI is InChI=1S/C24H26N4O4/c1-4-31-21-10-9-16(12-22(21)30-3)18(19-14-25-20-8-6-5-7-17(19)20)13-26-24(29)27-23-11-15(2)32-28-23/h5-12,14,18,25H,4,13H2,1-3H3,(H2,26,27,28,29)/t18-/m1/s1. The second-order valence-electron chi connectivity index (χ2n) is 7.34. The van der Waals surface area contributed by atoms with Gasteiger partial charge in [-0.2, -0.15) is 0 Å². The van der Waals surface area contributed by atoms with E-state index in [4.69, 9.17) is 14.0 Å². The minimum absolute atomic E-state index is 0.125. The van der Waals surface area contributed by atoms with Crippen LogP contribution in [-0.4, -0.2) is 36.4 Å². The number of benzene rings is 2. The number of anilines is 1. The first kappa shape index (κ1) is 21.3. The van der Waals surface area contributed by atoms with Crippen molar-refractivity contribution in [3.8, 4) is 11.5 Å². The van der Waals surface area contributed by atoms with E-state index in [0.29, 0.717) is 36.2 Å². The third-order valence-electron chi connectivity index (χ3n) is 5.22. The molecule has 4 rings (SSSR count). The van der Waals surface area contributed by atoms with Gasteiger partial charge in [0, 0.05) is 35.6 Å². The first-order chi connectivity index (χ1) is 15.6. The van der Waals surface area contributed by atoms with Crippen LogP contribution in [-0.2, 0) is 0 Å². The minimum atomic E-state index is -0.360. The number of H-pyrrole nitrogens is 1. The molecule has 1 atom stereocenters. The highest BCUT2D eigenvalue weighted by Crippen LogP contribution is 2.35. The Bertz CT molecular complexity index is 1210. The quantitative estimate of drug-likeness (QED) is 0.369. The number of aromatic amines is 1. The van der Waals surface area contributed by atoms with Gasteiger partial charge in [-0.05, 0) is 43.2 Å². The van der Waals surface area contributed by atoms with Crippen molar-refractivity contribution < 1.29 is 18.8 Å². The molecule has 8 nitrogen and oxygen atoms in total. The van der Waals surface area contributed by atoms with E-state index in [1.807, 2.05) is 49.5 Å². The lowest BCUT2D eigenvalue weighted by atomic mass is 9.90. The van der Waals surface area contributed by atoms with Gasteiger partial charge in [-0.15, -0.1) is 0 Å². The van der Waals surface area contributed by atoms with Crippen LogP contribution in [0.25, 0.3) is 10.9 Å². The molecule has 0 fully saturated rings. The predicted molar refractivity (Wildman–Crippen MR) is 123 cm³/mol. The molecule has 0 saturated heterocycles. The van der Waals surface area contributed by atoms with Crippen LogP contribution in [0, 0.1) is 6.92 Å². The van der Waals surface area contributed by atoms with Crippen molar-refractivity contribution in [3.05, 3.63) is 71.6 Å². The highest BCUT2D eigenvalue weighted by molar-refractivity contribution is 5.88. The fraction of sp³-hybridized carbons (Fsp3) is 0.250. The van der Waals surface area contributed by atoms with Gasteiger partial charge in [0.05, 0.1) is 13.7 Å². The molecule has 2 aromatic heterocycles. The molecule has 0 spiro atoms. The van der Waals surface area contributed by atoms with Gasteiger partial charge in [0.25, 0.3) is 0 Å². The maximum atomic E-state index is 12.5. The summed E-state index contributed by atoms with van der Waals surface area (Å²) in [5, 5.41) is 10.5. The Morgan fingerprint density at radius 2 is 2.03 bits per heavy atom. The lowest BCUT2D eigenvalue weighted by Gasteiger charge is -2.20. The zero-order valence-electron chi connectivity index (χ0n) is 18.3. The summed E-state index contributed by atoms with van der Waals surface area (Å²) in [6, 6.07) is 15.2. The van der Waals surface area contributed by atoms with Crippen molar-refractivity contribution in [1.29, 1.82) is 0 Å². The number of carbonyl (C=O) groups excluding carboxylic acids is 1. The van der Waals surface area contributed by atoms with Crippen molar-refractivity contribution in [3.63, 3.8) is 0 Å². The van der Waals surface area contributed by atoms with Crippen LogP contribution in [0.1, 0.15) is 29.7 Å². The molecular formula is C24H26N4O4. The van der Waals surface area contributed by atoms with Gasteiger partial charge < -0.3 is 24.3 Å². The number of hydrogen-bond donors (Lipinski definition) is 3. The number of amides is 2. The van der Waals surface area contributed by atoms with Gasteiger partial charge >= 0.3 is 6.03 Å². The van der Waals surface area contributed by atoms with Crippen molar-refractivity contribution in [2.75, 3.05) is 25.6 Å². The predicted octanol–water partition coefficient (Wildman–Crippen LogP) is 4.83. The number of aromatic nitrogens is 2. The summed E-state index contributed by atoms with van der Waals surface area (Å²) in [6.07, 6.45) is 1.98. The summed E-state index contributed by atoms with van der Waals surface area (Å²) in [5.74, 6) is 2.20. The monoisotopic (exact) mass is 434 g/mol. The molecule has 3 N–H and O–H groups in total. The number of urea groups is 1. The number of aryl methyl sites for hydroxylation is 1. The smallest absolute Gasteiger partial charge is 0.320 e. The Labute approximate surface area is 185 Å². The van der Waals surface area contributed by atoms with Crippen molar-refractivity contribution >= 4 is 22.8 Å². The number of ether oxygens (including phenoxy) is 2. The average Bonchev–Trinajstić information content (AvgIpc) is 3.41. The van der Waals surface area contributed by atoms with E-state index in [1.54, 1.807) is 20.1 Å². The number of carbonyl (C=O) groups is 1. The van der Waals surface area contributed by atoms with Gasteiger partial charge in [-0.1, -0.05) is 29.4 Å². The van der Waals surface area contributed by atoms with Gasteiger partial charge in [-0.25, -0.2) is 4.79 Å². The molecule has 0 aliphatic carbocycles. The van der Waals surface area contributed by atoms with Crippen LogP contribution >= 0.6 is 0 Å². The zero-order chi connectivity index (χ0) is 22.5. The summed E-state index contributed by atoms with van der Waals surface area (Å²) >= 11 is 0. The lowest BCUT2D eigenvalue weighted by molar-refractivity contribution is 0.251. The Kier molecular flexibility index (Phi) is 6.30. The van der Waals surface area contributed by atoms with Gasteiger partial charge in [-0.3, -0.25) is 5.32 Å². The van der Waals surface area contributed by atoms with E-state index >= 15 is 0 Å². The fourth-order valence-electron chi connectivity index (χ4n) is 3.75. The second kappa shape index (κ2) is 9.47. The first-order valence-corrected chi connectivity index (χ1v) is 10.4. The molecule has 166 valence electrons. The maximum Gasteiger partial charge on any atom is 0.320 e. The fourth-order valence-corrected chi connectivity index (χ4v) is 3.75. The third-order valence-corrected chi connectivity index (χ3v) is 5.22. The van der Waals surface area contributed by atoms with Crippen LogP contribution < -0.4 is 20.1 Å². The summed E-state index contributed by atoms with van der Waals surface area (Å²) in [4.78, 5) is 15.8. The molecule has 2 heterocycles. The topological polar surface area (TPSA) is 101 Å². The number of nitrogens with one attached hydrogen (secondary N) is 3. The summed E-state index contributed by atoms with van der Waals surface area (Å²) in [6.45, 7) is 4.61. The van der Waals surface area contributed by atoms with Crippen molar-refractivity contribution in [1.82, 2.24) is 15.5 Å². The number of nitrogens with zero attached hydrogens (tertiary/aromatic N) is 1. The zero-order valence-corrected chi connectivity index (χ0v) is 18.3. The van der Waals surface area contributed by atoms with Crippen LogP contribution in [0.5, 0.6) is 11.5 Å². The summed E-state index contributed by atoms with van der Waals surface area (Å²) < 4.78 is 16.2. The normalized spacial score (nSPS) is 11.8. The molecule has 0 saturated carbocycles. The summed E-state index contributed by atoms with van der Waals surface area (Å²) in [5.41, 5.74) is 3.10. The number of rotatable bonds is 8. The van der Waals surface area contributed by atoms with E-state index in [0.717, 1.165) is 22.0 Å². The van der Waals surface area contributed by atoms with E-state index < -0.39 is 0 Å². The molecule has 4 aromatic rings. The van der Waals surface area contributed by atoms with E-state index in [1.165, 1.54) is 0 Å². The highest BCUT2D eigenvalue weighted by atomic mass is 16.5.